The molecule has 0 N–H and O–H groups in total. The second kappa shape index (κ2) is 8.69. The predicted molar refractivity (Wildman–Crippen MR) is 135 cm³/mol. The molecule has 0 aliphatic heterocycles. The Morgan fingerprint density at radius 3 is 1.65 bits per heavy atom. The third-order valence-corrected chi connectivity index (χ3v) is 5.93. The number of hydrogen-bond donors (Lipinski definition) is 0. The Hall–Kier alpha value is -3.52. The Kier molecular flexibility index (Phi) is 5.81. The number of benzene rings is 4. The second-order valence-electron chi connectivity index (χ2n) is 8.35. The Morgan fingerprint density at radius 2 is 1.03 bits per heavy atom. The van der Waals surface area contributed by atoms with E-state index in [0.717, 1.165) is 11.4 Å². The van der Waals surface area contributed by atoms with E-state index >= 15 is 0 Å². The second-order valence-corrected chi connectivity index (χ2v) is 8.35. The average Bonchev–Trinajstić information content (AvgIpc) is 2.78. The van der Waals surface area contributed by atoms with Gasteiger partial charge in [-0.1, -0.05) is 35.9 Å². The maximum absolute atomic E-state index is 2.32. The molecule has 0 unspecified atom stereocenters. The summed E-state index contributed by atoms with van der Waals surface area (Å²) in [6.07, 6.45) is 0. The van der Waals surface area contributed by atoms with E-state index in [9.17, 15) is 0 Å². The van der Waals surface area contributed by atoms with Crippen molar-refractivity contribution < 1.29 is 0 Å². The summed E-state index contributed by atoms with van der Waals surface area (Å²) in [6.45, 7) is 8.58. The summed E-state index contributed by atoms with van der Waals surface area (Å²) >= 11 is 0. The third kappa shape index (κ3) is 4.49. The minimum absolute atomic E-state index is 1.15. The molecule has 0 fully saturated rings. The van der Waals surface area contributed by atoms with Gasteiger partial charge >= 0.3 is 0 Å². The van der Waals surface area contributed by atoms with Crippen LogP contribution < -0.4 is 9.80 Å². The summed E-state index contributed by atoms with van der Waals surface area (Å²) in [4.78, 5) is 4.55. The molecule has 0 aliphatic rings. The van der Waals surface area contributed by atoms with Gasteiger partial charge in [-0.15, -0.1) is 0 Å². The molecule has 156 valence electrons. The van der Waals surface area contributed by atoms with Crippen molar-refractivity contribution in [3.05, 3.63) is 113 Å². The van der Waals surface area contributed by atoms with Gasteiger partial charge in [0, 0.05) is 35.5 Å². The molecule has 0 heterocycles. The number of hydrogen-bond acceptors (Lipinski definition) is 2. The van der Waals surface area contributed by atoms with Gasteiger partial charge in [0.05, 0.1) is 0 Å². The molecule has 0 saturated carbocycles. The number of rotatable bonds is 5. The summed E-state index contributed by atoms with van der Waals surface area (Å²) < 4.78 is 0. The molecule has 2 nitrogen and oxygen atoms in total. The van der Waals surface area contributed by atoms with Gasteiger partial charge in [0.1, 0.15) is 0 Å². The Balaban J connectivity index is 1.73. The molecule has 4 aromatic carbocycles. The maximum atomic E-state index is 2.32. The van der Waals surface area contributed by atoms with Gasteiger partial charge in [0.2, 0.25) is 0 Å². The molecule has 0 aromatic heterocycles. The lowest BCUT2D eigenvalue weighted by Gasteiger charge is -2.27. The third-order valence-electron chi connectivity index (χ3n) is 5.93. The van der Waals surface area contributed by atoms with E-state index in [4.69, 9.17) is 0 Å². The van der Waals surface area contributed by atoms with Crippen molar-refractivity contribution in [1.82, 2.24) is 0 Å². The minimum Gasteiger partial charge on any atom is -0.345 e. The normalized spacial score (nSPS) is 10.7. The van der Waals surface area contributed by atoms with E-state index in [-0.39, 0.29) is 0 Å². The Bertz CT molecular complexity index is 1170. The first-order valence-corrected chi connectivity index (χ1v) is 10.8. The summed E-state index contributed by atoms with van der Waals surface area (Å²) in [5.41, 5.74) is 11.0. The van der Waals surface area contributed by atoms with E-state index < -0.39 is 0 Å². The van der Waals surface area contributed by atoms with Crippen LogP contribution in [0.1, 0.15) is 22.3 Å². The van der Waals surface area contributed by atoms with Crippen LogP contribution in [-0.4, -0.2) is 7.05 Å². The van der Waals surface area contributed by atoms with Crippen LogP contribution in [0.2, 0.25) is 0 Å². The number of nitrogens with zero attached hydrogens (tertiary/aromatic N) is 2. The first-order valence-electron chi connectivity index (χ1n) is 10.8. The largest absolute Gasteiger partial charge is 0.345 e. The Labute approximate surface area is 186 Å². The molecular weight excluding hydrogens is 376 g/mol. The lowest BCUT2D eigenvalue weighted by Crippen LogP contribution is -2.12. The smallest absolute Gasteiger partial charge is 0.0464 e. The highest BCUT2D eigenvalue weighted by Gasteiger charge is 2.14. The average molecular weight is 407 g/mol. The summed E-state index contributed by atoms with van der Waals surface area (Å²) in [5, 5.41) is 0. The molecule has 4 rings (SSSR count). The number of anilines is 5. The van der Waals surface area contributed by atoms with E-state index in [0.29, 0.717) is 0 Å². The van der Waals surface area contributed by atoms with E-state index in [2.05, 4.69) is 136 Å². The van der Waals surface area contributed by atoms with Gasteiger partial charge in [-0.3, -0.25) is 0 Å². The van der Waals surface area contributed by atoms with Crippen LogP contribution in [0.25, 0.3) is 0 Å². The van der Waals surface area contributed by atoms with E-state index in [1.807, 2.05) is 0 Å². The monoisotopic (exact) mass is 406 g/mol. The van der Waals surface area contributed by atoms with Crippen molar-refractivity contribution in [2.75, 3.05) is 16.8 Å². The maximum Gasteiger partial charge on any atom is 0.0464 e. The van der Waals surface area contributed by atoms with Crippen molar-refractivity contribution in [2.45, 2.75) is 27.7 Å². The topological polar surface area (TPSA) is 6.48 Å². The molecule has 0 atom stereocenters. The quantitative estimate of drug-likeness (QED) is 0.330. The fourth-order valence-corrected chi connectivity index (χ4v) is 3.82. The summed E-state index contributed by atoms with van der Waals surface area (Å²) in [6, 6.07) is 32.8. The SMILES string of the molecule is Cc1ccc(N(c2ccc(N(C)c3cccc(C)c3)cc2)c2ccc(C)c(C)c2)cc1. The van der Waals surface area contributed by atoms with Crippen LogP contribution >= 0.6 is 0 Å². The van der Waals surface area contributed by atoms with E-state index in [1.54, 1.807) is 0 Å². The summed E-state index contributed by atoms with van der Waals surface area (Å²) in [7, 11) is 2.12. The Morgan fingerprint density at radius 1 is 0.452 bits per heavy atom. The predicted octanol–water partition coefficient (Wildman–Crippen LogP) is 8.16. The first-order chi connectivity index (χ1) is 14.9. The van der Waals surface area contributed by atoms with Gasteiger partial charge in [0.15, 0.2) is 0 Å². The van der Waals surface area contributed by atoms with Crippen LogP contribution in [0.15, 0.2) is 91.0 Å². The number of aryl methyl sites for hydroxylation is 4. The van der Waals surface area contributed by atoms with Gasteiger partial charge in [-0.2, -0.15) is 0 Å². The summed E-state index contributed by atoms with van der Waals surface area (Å²) in [5.74, 6) is 0. The zero-order valence-electron chi connectivity index (χ0n) is 19.1. The molecule has 31 heavy (non-hydrogen) atoms. The van der Waals surface area contributed by atoms with Crippen LogP contribution in [0.3, 0.4) is 0 Å². The fraction of sp³-hybridized carbons (Fsp3) is 0.172. The molecule has 0 bridgehead atoms. The molecule has 4 aromatic rings. The van der Waals surface area contributed by atoms with Crippen molar-refractivity contribution in [3.63, 3.8) is 0 Å². The fourth-order valence-electron chi connectivity index (χ4n) is 3.82. The van der Waals surface area contributed by atoms with Crippen LogP contribution in [0.4, 0.5) is 28.4 Å². The van der Waals surface area contributed by atoms with Crippen molar-refractivity contribution >= 4 is 28.4 Å². The van der Waals surface area contributed by atoms with Crippen LogP contribution in [0, 0.1) is 27.7 Å². The highest BCUT2D eigenvalue weighted by molar-refractivity contribution is 5.78. The highest BCUT2D eigenvalue weighted by Crippen LogP contribution is 2.36. The first kappa shape index (κ1) is 20.7. The van der Waals surface area contributed by atoms with Gasteiger partial charge < -0.3 is 9.80 Å². The molecule has 0 radical (unpaired) electrons. The lowest BCUT2D eigenvalue weighted by molar-refractivity contribution is 1.19. The van der Waals surface area contributed by atoms with Crippen molar-refractivity contribution in [2.24, 2.45) is 0 Å². The molecule has 0 spiro atoms. The molecule has 0 saturated heterocycles. The molecule has 0 amide bonds. The van der Waals surface area contributed by atoms with E-state index in [1.165, 1.54) is 39.3 Å². The highest BCUT2D eigenvalue weighted by atomic mass is 15.1. The lowest BCUT2D eigenvalue weighted by atomic mass is 10.1. The van der Waals surface area contributed by atoms with Crippen molar-refractivity contribution in [3.8, 4) is 0 Å². The zero-order valence-corrected chi connectivity index (χ0v) is 19.1. The van der Waals surface area contributed by atoms with Gasteiger partial charge in [-0.25, -0.2) is 0 Å². The standard InChI is InChI=1S/C29H30N2/c1-21-9-12-26(13-10-21)31(29-14-11-23(3)24(4)20-29)27-17-15-25(16-18-27)30(5)28-8-6-7-22(2)19-28/h6-20H,1-5H3. The zero-order chi connectivity index (χ0) is 22.0. The van der Waals surface area contributed by atoms with Crippen LogP contribution in [-0.2, 0) is 0 Å². The van der Waals surface area contributed by atoms with Crippen LogP contribution in [0.5, 0.6) is 0 Å². The van der Waals surface area contributed by atoms with Crippen molar-refractivity contribution in [1.29, 1.82) is 0 Å². The molecule has 2 heteroatoms. The minimum atomic E-state index is 1.15. The molecule has 0 aliphatic carbocycles. The molecular formula is C29H30N2. The van der Waals surface area contributed by atoms with Gasteiger partial charge in [-0.05, 0) is 105 Å². The van der Waals surface area contributed by atoms with Gasteiger partial charge in [0.25, 0.3) is 0 Å².